The first-order valence-electron chi connectivity index (χ1n) is 7.69. The number of hydrogen-bond acceptors (Lipinski definition) is 4. The Hall–Kier alpha value is -0.180. The Balaban J connectivity index is 0.00000192. The average molecular weight is 425 g/mol. The molecule has 0 amide bonds. The molecule has 2 saturated heterocycles. The first-order valence-corrected chi connectivity index (χ1v) is 9.93. The van der Waals surface area contributed by atoms with E-state index in [0.717, 1.165) is 42.6 Å². The molecule has 1 unspecified atom stereocenters. The molecule has 1 atom stereocenters. The molecule has 2 aliphatic rings. The van der Waals surface area contributed by atoms with Crippen molar-refractivity contribution >= 4 is 38.4 Å². The number of sulfonamides is 1. The summed E-state index contributed by atoms with van der Waals surface area (Å²) >= 11 is 3.37. The SMILES string of the molecule is Cc1ccc(Br)cc1S(=O)(=O)N1CCC(N2CCNCC2)C1.Cl. The zero-order chi connectivity index (χ0) is 15.7. The minimum atomic E-state index is -3.40. The Kier molecular flexibility index (Phi) is 6.49. The van der Waals surface area contributed by atoms with Crippen LogP contribution >= 0.6 is 28.3 Å². The van der Waals surface area contributed by atoms with Crippen molar-refractivity contribution in [3.8, 4) is 0 Å². The number of benzene rings is 1. The van der Waals surface area contributed by atoms with Crippen LogP contribution in [-0.4, -0.2) is 62.9 Å². The molecular weight excluding hydrogens is 402 g/mol. The molecule has 0 radical (unpaired) electrons. The second-order valence-electron chi connectivity index (χ2n) is 6.00. The highest BCUT2D eigenvalue weighted by Crippen LogP contribution is 2.27. The van der Waals surface area contributed by atoms with E-state index in [0.29, 0.717) is 24.0 Å². The lowest BCUT2D eigenvalue weighted by Gasteiger charge is -2.32. The van der Waals surface area contributed by atoms with Crippen molar-refractivity contribution in [2.75, 3.05) is 39.3 Å². The summed E-state index contributed by atoms with van der Waals surface area (Å²) in [4.78, 5) is 2.84. The Bertz CT molecular complexity index is 650. The van der Waals surface area contributed by atoms with Gasteiger partial charge in [-0.2, -0.15) is 4.31 Å². The number of rotatable bonds is 3. The third kappa shape index (κ3) is 4.08. The third-order valence-electron chi connectivity index (χ3n) is 4.56. The predicted octanol–water partition coefficient (Wildman–Crippen LogP) is 1.85. The zero-order valence-electron chi connectivity index (χ0n) is 13.2. The molecule has 2 aliphatic heterocycles. The van der Waals surface area contributed by atoms with Gasteiger partial charge in [-0.15, -0.1) is 12.4 Å². The van der Waals surface area contributed by atoms with Gasteiger partial charge >= 0.3 is 0 Å². The third-order valence-corrected chi connectivity index (χ3v) is 7.06. The molecule has 1 aromatic carbocycles. The van der Waals surface area contributed by atoms with Crippen LogP contribution in [0.15, 0.2) is 27.6 Å². The number of hydrogen-bond donors (Lipinski definition) is 1. The van der Waals surface area contributed by atoms with Crippen LogP contribution in [0.2, 0.25) is 0 Å². The highest BCUT2D eigenvalue weighted by atomic mass is 79.9. The van der Waals surface area contributed by atoms with Crippen molar-refractivity contribution in [1.29, 1.82) is 0 Å². The maximum Gasteiger partial charge on any atom is 0.243 e. The summed E-state index contributed by atoms with van der Waals surface area (Å²) in [5.41, 5.74) is 0.800. The van der Waals surface area contributed by atoms with Gasteiger partial charge in [0.05, 0.1) is 4.90 Å². The van der Waals surface area contributed by atoms with Crippen LogP contribution < -0.4 is 5.32 Å². The van der Waals surface area contributed by atoms with E-state index in [4.69, 9.17) is 0 Å². The highest BCUT2D eigenvalue weighted by Gasteiger charge is 2.36. The van der Waals surface area contributed by atoms with E-state index in [2.05, 4.69) is 26.1 Å². The van der Waals surface area contributed by atoms with Gasteiger partial charge in [-0.05, 0) is 31.0 Å². The standard InChI is InChI=1S/C15H22BrN3O2S.ClH/c1-12-2-3-13(16)10-15(12)22(20,21)19-7-4-14(11-19)18-8-5-17-6-9-18;/h2-3,10,14,17H,4-9,11H2,1H3;1H. The molecule has 5 nitrogen and oxygen atoms in total. The molecule has 1 aromatic rings. The molecule has 2 fully saturated rings. The quantitative estimate of drug-likeness (QED) is 0.804. The van der Waals surface area contributed by atoms with Crippen LogP contribution in [0.4, 0.5) is 0 Å². The first kappa shape index (κ1) is 19.1. The smallest absolute Gasteiger partial charge is 0.243 e. The summed E-state index contributed by atoms with van der Waals surface area (Å²) in [6.07, 6.45) is 0.923. The van der Waals surface area contributed by atoms with Crippen molar-refractivity contribution in [2.24, 2.45) is 0 Å². The Morgan fingerprint density at radius 3 is 2.61 bits per heavy atom. The largest absolute Gasteiger partial charge is 0.314 e. The number of piperazine rings is 1. The second kappa shape index (κ2) is 7.80. The van der Waals surface area contributed by atoms with E-state index < -0.39 is 10.0 Å². The molecule has 23 heavy (non-hydrogen) atoms. The summed E-state index contributed by atoms with van der Waals surface area (Å²) in [5, 5.41) is 3.34. The van der Waals surface area contributed by atoms with Gasteiger partial charge in [-0.1, -0.05) is 22.0 Å². The van der Waals surface area contributed by atoms with Crippen LogP contribution in [0.3, 0.4) is 0 Å². The van der Waals surface area contributed by atoms with Gasteiger partial charge in [0.2, 0.25) is 10.0 Å². The Labute approximate surface area is 153 Å². The van der Waals surface area contributed by atoms with E-state index in [1.165, 1.54) is 0 Å². The van der Waals surface area contributed by atoms with Crippen LogP contribution in [0.1, 0.15) is 12.0 Å². The van der Waals surface area contributed by atoms with E-state index in [9.17, 15) is 8.42 Å². The Morgan fingerprint density at radius 1 is 1.22 bits per heavy atom. The molecule has 0 aliphatic carbocycles. The first-order chi connectivity index (χ1) is 10.5. The van der Waals surface area contributed by atoms with Crippen LogP contribution in [0.5, 0.6) is 0 Å². The molecule has 0 bridgehead atoms. The van der Waals surface area contributed by atoms with E-state index in [1.807, 2.05) is 19.1 Å². The van der Waals surface area contributed by atoms with Gasteiger partial charge in [-0.3, -0.25) is 4.90 Å². The molecule has 2 heterocycles. The van der Waals surface area contributed by atoms with Crippen LogP contribution in [0.25, 0.3) is 0 Å². The fourth-order valence-electron chi connectivity index (χ4n) is 3.27. The second-order valence-corrected chi connectivity index (χ2v) is 8.82. The number of halogens is 2. The molecule has 1 N–H and O–H groups in total. The summed E-state index contributed by atoms with van der Waals surface area (Å²) in [6.45, 7) is 7.07. The zero-order valence-corrected chi connectivity index (χ0v) is 16.4. The predicted molar refractivity (Wildman–Crippen MR) is 97.7 cm³/mol. The van der Waals surface area contributed by atoms with Gasteiger partial charge in [0.1, 0.15) is 0 Å². The van der Waals surface area contributed by atoms with E-state index in [-0.39, 0.29) is 12.4 Å². The molecule has 3 rings (SSSR count). The molecule has 0 spiro atoms. The van der Waals surface area contributed by atoms with Crippen LogP contribution in [0, 0.1) is 6.92 Å². The lowest BCUT2D eigenvalue weighted by atomic mass is 10.2. The lowest BCUT2D eigenvalue weighted by molar-refractivity contribution is 0.179. The summed E-state index contributed by atoms with van der Waals surface area (Å²) < 4.78 is 28.3. The number of aryl methyl sites for hydroxylation is 1. The van der Waals surface area contributed by atoms with Crippen molar-refractivity contribution < 1.29 is 8.42 Å². The van der Waals surface area contributed by atoms with Gasteiger partial charge in [0, 0.05) is 49.8 Å². The number of nitrogens with zero attached hydrogens (tertiary/aromatic N) is 2. The number of nitrogens with one attached hydrogen (secondary N) is 1. The van der Waals surface area contributed by atoms with Crippen molar-refractivity contribution in [3.63, 3.8) is 0 Å². The van der Waals surface area contributed by atoms with Gasteiger partial charge in [-0.25, -0.2) is 8.42 Å². The Morgan fingerprint density at radius 2 is 1.91 bits per heavy atom. The topological polar surface area (TPSA) is 52.7 Å². The molecular formula is C15H23BrClN3O2S. The fraction of sp³-hybridized carbons (Fsp3) is 0.600. The van der Waals surface area contributed by atoms with Gasteiger partial charge in [0.15, 0.2) is 0 Å². The van der Waals surface area contributed by atoms with Gasteiger partial charge in [0.25, 0.3) is 0 Å². The van der Waals surface area contributed by atoms with Gasteiger partial charge < -0.3 is 5.32 Å². The normalized spacial score (nSPS) is 23.7. The summed E-state index contributed by atoms with van der Waals surface area (Å²) in [6, 6.07) is 5.79. The summed E-state index contributed by atoms with van der Waals surface area (Å²) in [5.74, 6) is 0. The minimum Gasteiger partial charge on any atom is -0.314 e. The lowest BCUT2D eigenvalue weighted by Crippen LogP contribution is -2.49. The molecule has 130 valence electrons. The maximum atomic E-state index is 12.9. The van der Waals surface area contributed by atoms with Crippen LogP contribution in [-0.2, 0) is 10.0 Å². The van der Waals surface area contributed by atoms with Crippen molar-refractivity contribution in [2.45, 2.75) is 24.3 Å². The van der Waals surface area contributed by atoms with E-state index >= 15 is 0 Å². The molecule has 0 aromatic heterocycles. The maximum absolute atomic E-state index is 12.9. The average Bonchev–Trinajstić information content (AvgIpc) is 3.01. The fourth-order valence-corrected chi connectivity index (χ4v) is 5.52. The van der Waals surface area contributed by atoms with Crippen molar-refractivity contribution in [1.82, 2.24) is 14.5 Å². The van der Waals surface area contributed by atoms with E-state index in [1.54, 1.807) is 10.4 Å². The van der Waals surface area contributed by atoms with Crippen molar-refractivity contribution in [3.05, 3.63) is 28.2 Å². The minimum absolute atomic E-state index is 0. The monoisotopic (exact) mass is 423 g/mol. The molecule has 0 saturated carbocycles. The molecule has 8 heteroatoms. The highest BCUT2D eigenvalue weighted by molar-refractivity contribution is 9.10. The summed E-state index contributed by atoms with van der Waals surface area (Å²) in [7, 11) is -3.40.